The van der Waals surface area contributed by atoms with E-state index < -0.39 is 10.0 Å². The Kier molecular flexibility index (Phi) is 4.91. The molecule has 1 unspecified atom stereocenters. The monoisotopic (exact) mass is 394 g/mol. The first kappa shape index (κ1) is 18.7. The Morgan fingerprint density at radius 1 is 0.964 bits per heavy atom. The first-order valence-corrected chi connectivity index (χ1v) is 10.8. The normalized spacial score (nSPS) is 16.5. The number of hydrogen-bond donors (Lipinski definition) is 2. The van der Waals surface area contributed by atoms with Gasteiger partial charge >= 0.3 is 0 Å². The molecule has 1 amide bonds. The molecular weight excluding hydrogens is 372 g/mol. The van der Waals surface area contributed by atoms with Crippen molar-refractivity contribution in [3.05, 3.63) is 71.8 Å². The molecule has 4 rings (SSSR count). The molecule has 0 saturated heterocycles. The highest BCUT2D eigenvalue weighted by Gasteiger charge is 2.26. The smallest absolute Gasteiger partial charge is 0.241 e. The quantitative estimate of drug-likeness (QED) is 0.698. The molecule has 144 valence electrons. The maximum Gasteiger partial charge on any atom is 0.241 e. The van der Waals surface area contributed by atoms with Gasteiger partial charge in [0.2, 0.25) is 15.9 Å². The molecule has 5 nitrogen and oxygen atoms in total. The molecule has 0 fully saturated rings. The number of hydrogen-bond acceptors (Lipinski definition) is 3. The maximum absolute atomic E-state index is 13.3. The van der Waals surface area contributed by atoms with E-state index in [-0.39, 0.29) is 16.8 Å². The molecule has 0 saturated carbocycles. The largest absolute Gasteiger partial charge is 0.326 e. The Bertz CT molecular complexity index is 1160. The second-order valence-electron chi connectivity index (χ2n) is 7.10. The van der Waals surface area contributed by atoms with E-state index in [9.17, 15) is 13.2 Å². The zero-order chi connectivity index (χ0) is 19.7. The number of amides is 1. The van der Waals surface area contributed by atoms with E-state index in [1.807, 2.05) is 24.3 Å². The van der Waals surface area contributed by atoms with E-state index in [4.69, 9.17) is 0 Å². The minimum atomic E-state index is -3.74. The number of benzene rings is 3. The van der Waals surface area contributed by atoms with Crippen LogP contribution < -0.4 is 10.0 Å². The summed E-state index contributed by atoms with van der Waals surface area (Å²) in [5, 5.41) is 4.05. The summed E-state index contributed by atoms with van der Waals surface area (Å²) in [4.78, 5) is 11.7. The minimum absolute atomic E-state index is 0.197. The third kappa shape index (κ3) is 3.53. The van der Waals surface area contributed by atoms with Crippen molar-refractivity contribution in [1.82, 2.24) is 4.72 Å². The number of sulfonamides is 1. The van der Waals surface area contributed by atoms with Crippen LogP contribution in [-0.4, -0.2) is 14.3 Å². The van der Waals surface area contributed by atoms with Crippen molar-refractivity contribution < 1.29 is 13.2 Å². The topological polar surface area (TPSA) is 75.3 Å². The third-order valence-electron chi connectivity index (χ3n) is 5.15. The first-order valence-electron chi connectivity index (χ1n) is 9.35. The van der Waals surface area contributed by atoms with Gasteiger partial charge in [0, 0.05) is 29.4 Å². The van der Waals surface area contributed by atoms with Crippen LogP contribution in [0.25, 0.3) is 10.8 Å². The predicted molar refractivity (Wildman–Crippen MR) is 111 cm³/mol. The molecule has 3 aromatic rings. The van der Waals surface area contributed by atoms with E-state index in [1.54, 1.807) is 30.3 Å². The van der Waals surface area contributed by atoms with E-state index in [1.165, 1.54) is 12.5 Å². The first-order chi connectivity index (χ1) is 13.5. The molecule has 0 spiro atoms. The summed E-state index contributed by atoms with van der Waals surface area (Å²) in [5.74, 6) is -0.197. The molecule has 2 N–H and O–H groups in total. The lowest BCUT2D eigenvalue weighted by Gasteiger charge is -2.26. The molecule has 0 radical (unpaired) electrons. The van der Waals surface area contributed by atoms with E-state index >= 15 is 0 Å². The summed E-state index contributed by atoms with van der Waals surface area (Å²) in [6.07, 6.45) is 2.70. The van der Waals surface area contributed by atoms with Gasteiger partial charge in [0.05, 0.1) is 4.90 Å². The van der Waals surface area contributed by atoms with Gasteiger partial charge in [-0.25, -0.2) is 13.1 Å². The van der Waals surface area contributed by atoms with E-state index in [0.29, 0.717) is 16.5 Å². The van der Waals surface area contributed by atoms with Crippen molar-refractivity contribution in [1.29, 1.82) is 0 Å². The molecule has 0 aliphatic heterocycles. The summed E-state index contributed by atoms with van der Waals surface area (Å²) in [6, 6.07) is 18.2. The number of aryl methyl sites for hydroxylation is 1. The average Bonchev–Trinajstić information content (AvgIpc) is 2.67. The third-order valence-corrected chi connectivity index (χ3v) is 6.68. The molecule has 0 aromatic heterocycles. The van der Waals surface area contributed by atoms with Crippen molar-refractivity contribution in [2.24, 2.45) is 0 Å². The van der Waals surface area contributed by atoms with Gasteiger partial charge in [-0.05, 0) is 42.5 Å². The Morgan fingerprint density at radius 3 is 2.54 bits per heavy atom. The Labute approximate surface area is 164 Å². The summed E-state index contributed by atoms with van der Waals surface area (Å²) < 4.78 is 29.4. The second-order valence-corrected chi connectivity index (χ2v) is 8.79. The van der Waals surface area contributed by atoms with Crippen molar-refractivity contribution in [2.75, 3.05) is 5.32 Å². The van der Waals surface area contributed by atoms with Crippen LogP contribution in [0.1, 0.15) is 36.9 Å². The molecule has 28 heavy (non-hydrogen) atoms. The number of nitrogens with one attached hydrogen (secondary N) is 2. The highest BCUT2D eigenvalue weighted by Crippen LogP contribution is 2.33. The maximum atomic E-state index is 13.3. The summed E-state index contributed by atoms with van der Waals surface area (Å²) in [7, 11) is -3.74. The summed E-state index contributed by atoms with van der Waals surface area (Å²) in [5.41, 5.74) is 2.86. The van der Waals surface area contributed by atoms with Gasteiger partial charge in [0.15, 0.2) is 0 Å². The Hall–Kier alpha value is -2.70. The summed E-state index contributed by atoms with van der Waals surface area (Å²) in [6.45, 7) is 1.43. The van der Waals surface area contributed by atoms with Crippen molar-refractivity contribution in [2.45, 2.75) is 37.1 Å². The fraction of sp³-hybridized carbons (Fsp3) is 0.227. The van der Waals surface area contributed by atoms with E-state index in [2.05, 4.69) is 16.1 Å². The average molecular weight is 394 g/mol. The van der Waals surface area contributed by atoms with Crippen LogP contribution in [0.2, 0.25) is 0 Å². The van der Waals surface area contributed by atoms with Crippen molar-refractivity contribution in [3.63, 3.8) is 0 Å². The van der Waals surface area contributed by atoms with Crippen LogP contribution in [0, 0.1) is 0 Å². The van der Waals surface area contributed by atoms with Crippen molar-refractivity contribution in [3.8, 4) is 0 Å². The summed E-state index contributed by atoms with van der Waals surface area (Å²) >= 11 is 0. The Balaban J connectivity index is 1.75. The number of anilines is 1. The fourth-order valence-corrected chi connectivity index (χ4v) is 5.41. The highest BCUT2D eigenvalue weighted by atomic mass is 32.2. The molecule has 1 atom stereocenters. The molecule has 0 heterocycles. The van der Waals surface area contributed by atoms with Crippen LogP contribution in [0.3, 0.4) is 0 Å². The lowest BCUT2D eigenvalue weighted by molar-refractivity contribution is -0.114. The number of fused-ring (bicyclic) bond motifs is 2. The predicted octanol–water partition coefficient (Wildman–Crippen LogP) is 4.15. The van der Waals surface area contributed by atoms with E-state index in [0.717, 1.165) is 24.8 Å². The standard InChI is InChI=1S/C22H22N2O3S/c1-15(25)23-20-12-5-11-19-18(20)10-6-14-22(19)28(26,27)24-21-13-4-8-16-7-2-3-9-17(16)21/h2-3,5-7,9-12,14,21,24H,4,8,13H2,1H3,(H,23,25). The van der Waals surface area contributed by atoms with Gasteiger partial charge in [-0.15, -0.1) is 0 Å². The van der Waals surface area contributed by atoms with Gasteiger partial charge < -0.3 is 5.32 Å². The highest BCUT2D eigenvalue weighted by molar-refractivity contribution is 7.89. The van der Waals surface area contributed by atoms with Gasteiger partial charge in [-0.1, -0.05) is 48.5 Å². The molecule has 1 aliphatic carbocycles. The van der Waals surface area contributed by atoms with Crippen LogP contribution in [0.4, 0.5) is 5.69 Å². The van der Waals surface area contributed by atoms with Gasteiger partial charge in [-0.2, -0.15) is 0 Å². The number of carbonyl (C=O) groups is 1. The van der Waals surface area contributed by atoms with Gasteiger partial charge in [0.1, 0.15) is 0 Å². The molecule has 1 aliphatic rings. The zero-order valence-electron chi connectivity index (χ0n) is 15.6. The fourth-order valence-electron chi connectivity index (χ4n) is 3.94. The minimum Gasteiger partial charge on any atom is -0.326 e. The van der Waals surface area contributed by atoms with Crippen LogP contribution >= 0.6 is 0 Å². The van der Waals surface area contributed by atoms with Crippen LogP contribution in [0.15, 0.2) is 65.6 Å². The lowest BCUT2D eigenvalue weighted by Crippen LogP contribution is -2.31. The van der Waals surface area contributed by atoms with Gasteiger partial charge in [0.25, 0.3) is 0 Å². The SMILES string of the molecule is CC(=O)Nc1cccc2c(S(=O)(=O)NC3CCCc4ccccc43)cccc12. The molecule has 6 heteroatoms. The van der Waals surface area contributed by atoms with Crippen LogP contribution in [-0.2, 0) is 21.2 Å². The lowest BCUT2D eigenvalue weighted by atomic mass is 9.88. The zero-order valence-corrected chi connectivity index (χ0v) is 16.4. The Morgan fingerprint density at radius 2 is 1.71 bits per heavy atom. The number of carbonyl (C=O) groups excluding carboxylic acids is 1. The van der Waals surface area contributed by atoms with Crippen molar-refractivity contribution >= 4 is 32.4 Å². The van der Waals surface area contributed by atoms with Gasteiger partial charge in [-0.3, -0.25) is 4.79 Å². The van der Waals surface area contributed by atoms with Crippen LogP contribution in [0.5, 0.6) is 0 Å². The molecule has 3 aromatic carbocycles. The number of rotatable bonds is 4. The molecule has 0 bridgehead atoms. The molecular formula is C22H22N2O3S. The second kappa shape index (κ2) is 7.37.